The van der Waals surface area contributed by atoms with Crippen LogP contribution < -0.4 is 0 Å². The van der Waals surface area contributed by atoms with Gasteiger partial charge in [-0.05, 0) is 37.1 Å². The van der Waals surface area contributed by atoms with Gasteiger partial charge in [0.15, 0.2) is 0 Å². The Kier molecular flexibility index (Phi) is 3.27. The number of nitrogens with zero attached hydrogens (tertiary/aromatic N) is 1. The molecule has 3 heteroatoms. The maximum atomic E-state index is 4.40. The van der Waals surface area contributed by atoms with Gasteiger partial charge < -0.3 is 0 Å². The van der Waals surface area contributed by atoms with Gasteiger partial charge in [0.25, 0.3) is 0 Å². The third-order valence-corrected chi connectivity index (χ3v) is 2.60. The van der Waals surface area contributed by atoms with Crippen LogP contribution in [0, 0.1) is 6.92 Å². The van der Waals surface area contributed by atoms with Crippen LogP contribution in [0.4, 0.5) is 0 Å². The summed E-state index contributed by atoms with van der Waals surface area (Å²) in [4.78, 5) is 4.40. The molecule has 0 amide bonds. The van der Waals surface area contributed by atoms with E-state index in [1.165, 1.54) is 5.56 Å². The molecular weight excluding hydrogens is 174 g/mol. The van der Waals surface area contributed by atoms with Crippen LogP contribution in [0.15, 0.2) is 22.2 Å². The quantitative estimate of drug-likeness (QED) is 0.658. The fraction of sp³-hybridized carbons (Fsp3) is 0.375. The number of thioether (sulfide) groups is 2. The van der Waals surface area contributed by atoms with E-state index in [9.17, 15) is 0 Å². The fourth-order valence-electron chi connectivity index (χ4n) is 0.813. The van der Waals surface area contributed by atoms with Gasteiger partial charge >= 0.3 is 0 Å². The molecule has 0 spiro atoms. The number of hydrogen-bond acceptors (Lipinski definition) is 3. The van der Waals surface area contributed by atoms with Crippen LogP contribution >= 0.6 is 23.5 Å². The predicted molar refractivity (Wildman–Crippen MR) is 52.5 cm³/mol. The number of pyridine rings is 1. The van der Waals surface area contributed by atoms with Crippen molar-refractivity contribution in [2.45, 2.75) is 17.0 Å². The van der Waals surface area contributed by atoms with Crippen LogP contribution in [0.2, 0.25) is 0 Å². The normalized spacial score (nSPS) is 10.1. The zero-order valence-electron chi connectivity index (χ0n) is 6.92. The average Bonchev–Trinajstić information content (AvgIpc) is 2.03. The van der Waals surface area contributed by atoms with Crippen molar-refractivity contribution < 1.29 is 0 Å². The molecule has 0 aliphatic rings. The summed E-state index contributed by atoms with van der Waals surface area (Å²) in [5.41, 5.74) is 1.29. The van der Waals surface area contributed by atoms with E-state index in [0.717, 1.165) is 10.1 Å². The summed E-state index contributed by atoms with van der Waals surface area (Å²) in [7, 11) is 0. The molecule has 0 N–H and O–H groups in total. The molecule has 0 radical (unpaired) electrons. The Balaban J connectivity index is 3.02. The van der Waals surface area contributed by atoms with E-state index < -0.39 is 0 Å². The van der Waals surface area contributed by atoms with E-state index in [1.807, 2.05) is 12.5 Å². The minimum absolute atomic E-state index is 1.11. The first-order valence-electron chi connectivity index (χ1n) is 3.33. The second-order valence-corrected chi connectivity index (χ2v) is 3.88. The van der Waals surface area contributed by atoms with Crippen molar-refractivity contribution in [2.75, 3.05) is 12.5 Å². The molecule has 0 fully saturated rings. The zero-order valence-corrected chi connectivity index (χ0v) is 8.55. The Labute approximate surface area is 76.0 Å². The molecule has 0 bridgehead atoms. The number of aryl methyl sites for hydroxylation is 1. The molecule has 0 saturated heterocycles. The van der Waals surface area contributed by atoms with E-state index in [-0.39, 0.29) is 0 Å². The second kappa shape index (κ2) is 4.02. The Hall–Kier alpha value is -0.150. The topological polar surface area (TPSA) is 12.9 Å². The molecule has 11 heavy (non-hydrogen) atoms. The van der Waals surface area contributed by atoms with Gasteiger partial charge in [-0.2, -0.15) is 0 Å². The molecule has 0 aromatic carbocycles. The molecule has 0 unspecified atom stereocenters. The first-order valence-corrected chi connectivity index (χ1v) is 5.78. The highest BCUT2D eigenvalue weighted by atomic mass is 32.2. The number of aromatic nitrogens is 1. The van der Waals surface area contributed by atoms with E-state index >= 15 is 0 Å². The minimum Gasteiger partial charge on any atom is -0.235 e. The fourth-order valence-corrected chi connectivity index (χ4v) is 1.86. The molecule has 1 aromatic heterocycles. The maximum absolute atomic E-state index is 4.40. The third-order valence-electron chi connectivity index (χ3n) is 1.34. The summed E-state index contributed by atoms with van der Waals surface area (Å²) in [5, 5.41) is 2.21. The number of rotatable bonds is 2. The van der Waals surface area contributed by atoms with Gasteiger partial charge in [-0.1, -0.05) is 0 Å². The predicted octanol–water partition coefficient (Wildman–Crippen LogP) is 2.83. The van der Waals surface area contributed by atoms with E-state index in [4.69, 9.17) is 0 Å². The van der Waals surface area contributed by atoms with Gasteiger partial charge in [0.2, 0.25) is 0 Å². The third kappa shape index (κ3) is 2.42. The van der Waals surface area contributed by atoms with Gasteiger partial charge in [0, 0.05) is 0 Å². The van der Waals surface area contributed by atoms with Crippen molar-refractivity contribution in [1.29, 1.82) is 0 Å². The van der Waals surface area contributed by atoms with Gasteiger partial charge in [-0.3, -0.25) is 0 Å². The largest absolute Gasteiger partial charge is 0.235 e. The molecule has 0 aliphatic carbocycles. The summed E-state index contributed by atoms with van der Waals surface area (Å²) in [5.74, 6) is 0. The van der Waals surface area contributed by atoms with Gasteiger partial charge in [0.1, 0.15) is 0 Å². The lowest BCUT2D eigenvalue weighted by Gasteiger charge is -2.00. The molecule has 1 aromatic rings. The van der Waals surface area contributed by atoms with E-state index in [0.29, 0.717) is 0 Å². The number of hydrogen-bond donors (Lipinski definition) is 0. The minimum atomic E-state index is 1.11. The van der Waals surface area contributed by atoms with Crippen molar-refractivity contribution in [3.63, 3.8) is 0 Å². The summed E-state index contributed by atoms with van der Waals surface area (Å²) < 4.78 is 0. The van der Waals surface area contributed by atoms with Crippen LogP contribution in [0.1, 0.15) is 5.56 Å². The van der Waals surface area contributed by atoms with Crippen molar-refractivity contribution in [3.8, 4) is 0 Å². The summed E-state index contributed by atoms with van der Waals surface area (Å²) in [6.07, 6.45) is 4.10. The molecule has 1 nitrogen and oxygen atoms in total. The monoisotopic (exact) mass is 185 g/mol. The average molecular weight is 185 g/mol. The van der Waals surface area contributed by atoms with Crippen molar-refractivity contribution in [1.82, 2.24) is 4.98 Å². The molecule has 1 heterocycles. The molecule has 0 atom stereocenters. The Morgan fingerprint density at radius 1 is 1.09 bits per heavy atom. The van der Waals surface area contributed by atoms with Crippen LogP contribution in [-0.4, -0.2) is 17.5 Å². The van der Waals surface area contributed by atoms with Crippen LogP contribution in [0.3, 0.4) is 0 Å². The van der Waals surface area contributed by atoms with Crippen molar-refractivity contribution >= 4 is 23.5 Å². The van der Waals surface area contributed by atoms with Crippen LogP contribution in [-0.2, 0) is 0 Å². The smallest absolute Gasteiger partial charge is 0.0973 e. The lowest BCUT2D eigenvalue weighted by atomic mass is 10.3. The van der Waals surface area contributed by atoms with E-state index in [1.54, 1.807) is 23.5 Å². The Morgan fingerprint density at radius 3 is 1.91 bits per heavy atom. The first-order chi connectivity index (χ1) is 5.26. The molecule has 0 aliphatic heterocycles. The highest BCUT2D eigenvalue weighted by Crippen LogP contribution is 2.19. The highest BCUT2D eigenvalue weighted by molar-refractivity contribution is 7.99. The Bertz CT molecular complexity index is 226. The Morgan fingerprint density at radius 2 is 1.55 bits per heavy atom. The molecule has 1 rings (SSSR count). The van der Waals surface area contributed by atoms with Crippen molar-refractivity contribution in [3.05, 3.63) is 17.7 Å². The van der Waals surface area contributed by atoms with Gasteiger partial charge in [-0.25, -0.2) is 4.98 Å². The zero-order chi connectivity index (χ0) is 8.27. The van der Waals surface area contributed by atoms with E-state index in [2.05, 4.69) is 24.0 Å². The van der Waals surface area contributed by atoms with Crippen LogP contribution in [0.5, 0.6) is 0 Å². The van der Waals surface area contributed by atoms with Gasteiger partial charge in [0.05, 0.1) is 10.1 Å². The summed E-state index contributed by atoms with van der Waals surface area (Å²) in [6, 6.07) is 4.20. The lowest BCUT2D eigenvalue weighted by molar-refractivity contribution is 0.995. The maximum Gasteiger partial charge on any atom is 0.0973 e. The summed E-state index contributed by atoms with van der Waals surface area (Å²) >= 11 is 3.38. The summed E-state index contributed by atoms with van der Waals surface area (Å²) in [6.45, 7) is 2.10. The first kappa shape index (κ1) is 8.94. The SMILES string of the molecule is CSc1cc(C)cc(SC)n1. The van der Waals surface area contributed by atoms with Crippen molar-refractivity contribution in [2.24, 2.45) is 0 Å². The molecule has 0 saturated carbocycles. The molecule has 60 valence electrons. The lowest BCUT2D eigenvalue weighted by Crippen LogP contribution is -1.84. The van der Waals surface area contributed by atoms with Crippen LogP contribution in [0.25, 0.3) is 0 Å². The second-order valence-electron chi connectivity index (χ2n) is 2.23. The standard InChI is InChI=1S/C8H11NS2/c1-6-4-7(10-2)9-8(5-6)11-3/h4-5H,1-3H3. The molecular formula is C8H11NS2. The van der Waals surface area contributed by atoms with Gasteiger partial charge in [-0.15, -0.1) is 23.5 Å². The highest BCUT2D eigenvalue weighted by Gasteiger charge is 1.96.